The zero-order valence-corrected chi connectivity index (χ0v) is 18.5. The molecule has 4 rings (SSSR count). The second-order valence-electron chi connectivity index (χ2n) is 8.03. The van der Waals surface area contributed by atoms with Crippen molar-refractivity contribution in [3.63, 3.8) is 0 Å². The van der Waals surface area contributed by atoms with Crippen molar-refractivity contribution in [2.24, 2.45) is 5.92 Å². The van der Waals surface area contributed by atoms with Gasteiger partial charge in [0.15, 0.2) is 6.10 Å². The van der Waals surface area contributed by atoms with Crippen LogP contribution in [-0.2, 0) is 19.6 Å². The minimum Gasteiger partial charge on any atom is -0.479 e. The summed E-state index contributed by atoms with van der Waals surface area (Å²) in [5.74, 6) is -1.59. The lowest BCUT2D eigenvalue weighted by Crippen LogP contribution is -2.44. The molecule has 2 aromatic rings. The number of anilines is 2. The van der Waals surface area contributed by atoms with Crippen LogP contribution in [0.2, 0.25) is 0 Å². The molecule has 2 aliphatic heterocycles. The minimum atomic E-state index is -3.92. The van der Waals surface area contributed by atoms with Crippen molar-refractivity contribution >= 4 is 33.2 Å². The van der Waals surface area contributed by atoms with Crippen molar-refractivity contribution in [1.29, 1.82) is 0 Å². The van der Waals surface area contributed by atoms with Gasteiger partial charge in [-0.15, -0.1) is 0 Å². The molecular weight excluding hydrogens is 437 g/mol. The Morgan fingerprint density at radius 1 is 1.28 bits per heavy atom. The molecule has 32 heavy (non-hydrogen) atoms. The van der Waals surface area contributed by atoms with E-state index in [9.17, 15) is 22.4 Å². The van der Waals surface area contributed by atoms with Crippen LogP contribution in [0.1, 0.15) is 25.3 Å². The Morgan fingerprint density at radius 3 is 2.78 bits per heavy atom. The average Bonchev–Trinajstić information content (AvgIpc) is 2.76. The molecule has 1 fully saturated rings. The standard InChI is InChI=1S/C22H24FN3O5S/c1-13-10-18-19(31-14(2)21(27)25-18)11-20(13)32(29,30)26-9-5-6-15(12-26)22(28)24-17-8-4-3-7-16(17)23/h3-4,7-8,10-11,14-15H,5-6,9,12H2,1-2H3,(H,24,28)(H,25,27)/t14-,15+/m0/s1. The van der Waals surface area contributed by atoms with Gasteiger partial charge in [-0.3, -0.25) is 9.59 Å². The number of nitrogens with one attached hydrogen (secondary N) is 2. The van der Waals surface area contributed by atoms with Gasteiger partial charge in [-0.2, -0.15) is 4.31 Å². The fourth-order valence-electron chi connectivity index (χ4n) is 3.93. The summed E-state index contributed by atoms with van der Waals surface area (Å²) in [5.41, 5.74) is 0.946. The second kappa shape index (κ2) is 8.51. The van der Waals surface area contributed by atoms with Gasteiger partial charge in [0.2, 0.25) is 15.9 Å². The molecule has 0 bridgehead atoms. The number of ether oxygens (including phenoxy) is 1. The quantitative estimate of drug-likeness (QED) is 0.729. The average molecular weight is 462 g/mol. The van der Waals surface area contributed by atoms with Crippen molar-refractivity contribution in [3.05, 3.63) is 47.8 Å². The molecule has 2 amide bonds. The second-order valence-corrected chi connectivity index (χ2v) is 9.94. The summed E-state index contributed by atoms with van der Waals surface area (Å²) in [6, 6.07) is 8.83. The lowest BCUT2D eigenvalue weighted by atomic mass is 9.98. The number of para-hydroxylation sites is 1. The number of aryl methyl sites for hydroxylation is 1. The van der Waals surface area contributed by atoms with E-state index in [-0.39, 0.29) is 35.3 Å². The molecule has 0 unspecified atom stereocenters. The number of amides is 2. The van der Waals surface area contributed by atoms with Gasteiger partial charge in [0.05, 0.1) is 22.2 Å². The third-order valence-corrected chi connectivity index (χ3v) is 7.72. The lowest BCUT2D eigenvalue weighted by molar-refractivity contribution is -0.123. The van der Waals surface area contributed by atoms with Gasteiger partial charge in [0.25, 0.3) is 5.91 Å². The molecule has 1 saturated heterocycles. The van der Waals surface area contributed by atoms with Crippen LogP contribution < -0.4 is 15.4 Å². The number of rotatable bonds is 4. The first kappa shape index (κ1) is 22.2. The number of nitrogens with zero attached hydrogens (tertiary/aromatic N) is 1. The number of sulfonamides is 1. The van der Waals surface area contributed by atoms with Crippen LogP contribution >= 0.6 is 0 Å². The van der Waals surface area contributed by atoms with Crippen LogP contribution in [0.25, 0.3) is 0 Å². The van der Waals surface area contributed by atoms with E-state index >= 15 is 0 Å². The van der Waals surface area contributed by atoms with Gasteiger partial charge in [0.1, 0.15) is 11.6 Å². The smallest absolute Gasteiger partial charge is 0.265 e. The Morgan fingerprint density at radius 2 is 2.03 bits per heavy atom. The Hall–Kier alpha value is -2.98. The Balaban J connectivity index is 1.55. The molecule has 2 aliphatic rings. The summed E-state index contributed by atoms with van der Waals surface area (Å²) in [4.78, 5) is 24.6. The van der Waals surface area contributed by atoms with Gasteiger partial charge in [-0.05, 0) is 50.5 Å². The number of carbonyl (C=O) groups excluding carboxylic acids is 2. The number of fused-ring (bicyclic) bond motifs is 1. The molecule has 2 N–H and O–H groups in total. The van der Waals surface area contributed by atoms with Crippen molar-refractivity contribution in [2.45, 2.75) is 37.7 Å². The van der Waals surface area contributed by atoms with E-state index in [1.165, 1.54) is 28.6 Å². The maximum absolute atomic E-state index is 13.9. The van der Waals surface area contributed by atoms with E-state index in [2.05, 4.69) is 10.6 Å². The number of halogens is 1. The fraction of sp³-hybridized carbons (Fsp3) is 0.364. The highest BCUT2D eigenvalue weighted by Gasteiger charge is 2.35. The minimum absolute atomic E-state index is 0.00681. The topological polar surface area (TPSA) is 105 Å². The molecule has 2 heterocycles. The SMILES string of the molecule is Cc1cc2c(cc1S(=O)(=O)N1CCC[C@@H](C(=O)Nc3ccccc3F)C1)O[C@@H](C)C(=O)N2. The summed E-state index contributed by atoms with van der Waals surface area (Å²) in [7, 11) is -3.92. The number of hydrogen-bond acceptors (Lipinski definition) is 5. The summed E-state index contributed by atoms with van der Waals surface area (Å²) >= 11 is 0. The maximum Gasteiger partial charge on any atom is 0.265 e. The molecule has 0 spiro atoms. The Bertz CT molecular complexity index is 1180. The normalized spacial score (nSPS) is 21.3. The van der Waals surface area contributed by atoms with Crippen molar-refractivity contribution < 1.29 is 27.1 Å². The molecule has 2 aromatic carbocycles. The molecule has 0 radical (unpaired) electrons. The van der Waals surface area contributed by atoms with E-state index in [1.807, 2.05) is 0 Å². The fourth-order valence-corrected chi connectivity index (χ4v) is 5.68. The van der Waals surface area contributed by atoms with Gasteiger partial charge in [0, 0.05) is 19.2 Å². The largest absolute Gasteiger partial charge is 0.479 e. The van der Waals surface area contributed by atoms with Gasteiger partial charge in [-0.25, -0.2) is 12.8 Å². The van der Waals surface area contributed by atoms with E-state index in [0.29, 0.717) is 24.1 Å². The van der Waals surface area contributed by atoms with Crippen molar-refractivity contribution in [1.82, 2.24) is 4.31 Å². The first-order valence-corrected chi connectivity index (χ1v) is 11.8. The van der Waals surface area contributed by atoms with Crippen LogP contribution in [0.4, 0.5) is 15.8 Å². The van der Waals surface area contributed by atoms with Gasteiger partial charge < -0.3 is 15.4 Å². The third kappa shape index (κ3) is 4.20. The van der Waals surface area contributed by atoms with E-state index in [0.717, 1.165) is 0 Å². The number of piperidine rings is 1. The molecule has 0 aromatic heterocycles. The maximum atomic E-state index is 13.9. The highest BCUT2D eigenvalue weighted by atomic mass is 32.2. The summed E-state index contributed by atoms with van der Waals surface area (Å²) in [6.45, 7) is 3.49. The number of benzene rings is 2. The zero-order valence-electron chi connectivity index (χ0n) is 17.7. The van der Waals surface area contributed by atoms with Crippen LogP contribution in [0.5, 0.6) is 5.75 Å². The summed E-state index contributed by atoms with van der Waals surface area (Å²) in [5, 5.41) is 5.26. The molecule has 0 aliphatic carbocycles. The van der Waals surface area contributed by atoms with Crippen LogP contribution in [0.3, 0.4) is 0 Å². The summed E-state index contributed by atoms with van der Waals surface area (Å²) in [6.07, 6.45) is 0.270. The van der Waals surface area contributed by atoms with Gasteiger partial charge >= 0.3 is 0 Å². The molecule has 170 valence electrons. The Kier molecular flexibility index (Phi) is 5.91. The van der Waals surface area contributed by atoms with Crippen molar-refractivity contribution in [2.75, 3.05) is 23.7 Å². The van der Waals surface area contributed by atoms with E-state index in [4.69, 9.17) is 4.74 Å². The van der Waals surface area contributed by atoms with E-state index < -0.39 is 33.8 Å². The molecule has 2 atom stereocenters. The number of carbonyl (C=O) groups is 2. The van der Waals surface area contributed by atoms with Crippen LogP contribution in [0, 0.1) is 18.7 Å². The summed E-state index contributed by atoms with van der Waals surface area (Å²) < 4.78 is 47.5. The molecular formula is C22H24FN3O5S. The third-order valence-electron chi connectivity index (χ3n) is 5.71. The zero-order chi connectivity index (χ0) is 23.0. The van der Waals surface area contributed by atoms with E-state index in [1.54, 1.807) is 26.0 Å². The lowest BCUT2D eigenvalue weighted by Gasteiger charge is -2.32. The first-order chi connectivity index (χ1) is 15.2. The molecule has 8 nitrogen and oxygen atoms in total. The molecule has 0 saturated carbocycles. The van der Waals surface area contributed by atoms with Crippen LogP contribution in [0.15, 0.2) is 41.3 Å². The predicted octanol–water partition coefficient (Wildman–Crippen LogP) is 2.89. The highest BCUT2D eigenvalue weighted by Crippen LogP contribution is 2.36. The monoisotopic (exact) mass is 461 g/mol. The Labute approximate surface area is 185 Å². The van der Waals surface area contributed by atoms with Crippen LogP contribution in [-0.4, -0.2) is 43.7 Å². The number of hydrogen-bond donors (Lipinski definition) is 2. The first-order valence-electron chi connectivity index (χ1n) is 10.3. The highest BCUT2D eigenvalue weighted by molar-refractivity contribution is 7.89. The molecule has 10 heteroatoms. The van der Waals surface area contributed by atoms with Crippen molar-refractivity contribution in [3.8, 4) is 5.75 Å². The predicted molar refractivity (Wildman–Crippen MR) is 116 cm³/mol. The van der Waals surface area contributed by atoms with Gasteiger partial charge in [-0.1, -0.05) is 12.1 Å².